The molecule has 12 rings (SSSR count). The Labute approximate surface area is 355 Å². The first-order chi connectivity index (χ1) is 28.2. The minimum absolute atomic E-state index is 0.0623. The van der Waals surface area contributed by atoms with Crippen LogP contribution in [0.4, 0.5) is 17.1 Å². The van der Waals surface area contributed by atoms with E-state index in [0.29, 0.717) is 0 Å². The molecule has 5 nitrogen and oxygen atoms in total. The highest BCUT2D eigenvalue weighted by Crippen LogP contribution is 2.60. The predicted octanol–water partition coefficient (Wildman–Crippen LogP) is 13.4. The Kier molecular flexibility index (Phi) is 6.87. The van der Waals surface area contributed by atoms with Crippen LogP contribution >= 0.6 is 0 Å². The zero-order valence-electron chi connectivity index (χ0n) is 37.7. The van der Waals surface area contributed by atoms with Gasteiger partial charge < -0.3 is 22.6 Å². The highest BCUT2D eigenvalue weighted by molar-refractivity contribution is 7.00. The van der Waals surface area contributed by atoms with Gasteiger partial charge in [0.05, 0.1) is 17.0 Å². The molecule has 0 atom stereocenters. The number of fused-ring (bicyclic) bond motifs is 13. The van der Waals surface area contributed by atoms with E-state index in [4.69, 9.17) is 17.7 Å². The molecule has 6 heterocycles. The number of hydrogen-bond acceptors (Lipinski definition) is 5. The summed E-state index contributed by atoms with van der Waals surface area (Å²) < 4.78 is 28.5. The van der Waals surface area contributed by atoms with Gasteiger partial charge in [-0.1, -0.05) is 113 Å². The third kappa shape index (κ3) is 4.56. The van der Waals surface area contributed by atoms with Crippen molar-refractivity contribution < 1.29 is 17.7 Å². The fraction of sp³-hybridized carbons (Fsp3) is 0.444. The summed E-state index contributed by atoms with van der Waals surface area (Å²) in [6, 6.07) is 20.0. The molecule has 4 aromatic heterocycles. The van der Waals surface area contributed by atoms with Crippen molar-refractivity contribution in [3.63, 3.8) is 0 Å². The van der Waals surface area contributed by atoms with E-state index in [0.717, 1.165) is 94.8 Å². The number of nitrogens with zero attached hydrogens (tertiary/aromatic N) is 1. The van der Waals surface area contributed by atoms with Crippen molar-refractivity contribution in [2.75, 3.05) is 4.90 Å². The van der Waals surface area contributed by atoms with Gasteiger partial charge in [0.2, 0.25) is 0 Å². The molecule has 60 heavy (non-hydrogen) atoms. The number of rotatable bonds is 2. The fourth-order valence-corrected chi connectivity index (χ4v) is 12.5. The molecule has 0 fully saturated rings. The maximum atomic E-state index is 7.60. The van der Waals surface area contributed by atoms with Gasteiger partial charge in [-0.15, -0.1) is 0 Å². The van der Waals surface area contributed by atoms with E-state index >= 15 is 0 Å². The summed E-state index contributed by atoms with van der Waals surface area (Å²) in [4.78, 5) is 2.62. The first-order valence-electron chi connectivity index (χ1n) is 22.6. The van der Waals surface area contributed by atoms with E-state index < -0.39 is 0 Å². The Balaban J connectivity index is 1.26. The third-order valence-corrected chi connectivity index (χ3v) is 16.3. The van der Waals surface area contributed by atoms with Gasteiger partial charge in [-0.3, -0.25) is 0 Å². The van der Waals surface area contributed by atoms with E-state index in [2.05, 4.69) is 149 Å². The van der Waals surface area contributed by atoms with Crippen LogP contribution in [0.1, 0.15) is 156 Å². The molecule has 5 aliphatic rings. The van der Waals surface area contributed by atoms with Crippen molar-refractivity contribution in [2.45, 2.75) is 154 Å². The second-order valence-corrected chi connectivity index (χ2v) is 23.2. The fourth-order valence-electron chi connectivity index (χ4n) is 12.5. The van der Waals surface area contributed by atoms with E-state index in [9.17, 15) is 0 Å². The summed E-state index contributed by atoms with van der Waals surface area (Å²) in [7, 11) is 0. The van der Waals surface area contributed by atoms with Gasteiger partial charge in [0.15, 0.2) is 0 Å². The first-order valence-corrected chi connectivity index (χ1v) is 22.6. The molecule has 0 saturated heterocycles. The molecule has 0 amide bonds. The largest absolute Gasteiger partial charge is 0.474 e. The average molecular weight is 796 g/mol. The van der Waals surface area contributed by atoms with Gasteiger partial charge in [-0.25, -0.2) is 0 Å². The molecular formula is C54H58BNO4. The maximum absolute atomic E-state index is 7.60. The van der Waals surface area contributed by atoms with Crippen molar-refractivity contribution in [3.05, 3.63) is 94.8 Å². The minimum atomic E-state index is -0.169. The molecule has 6 heteroatoms. The normalized spacial score (nSPS) is 21.7. The second-order valence-electron chi connectivity index (χ2n) is 23.2. The van der Waals surface area contributed by atoms with Crippen LogP contribution < -0.4 is 21.7 Å². The minimum Gasteiger partial charge on any atom is -0.474 e. The van der Waals surface area contributed by atoms with Crippen LogP contribution in [0.25, 0.3) is 44.2 Å². The smallest absolute Gasteiger partial charge is 0.338 e. The predicted molar refractivity (Wildman–Crippen MR) is 247 cm³/mol. The van der Waals surface area contributed by atoms with E-state index in [1.165, 1.54) is 55.8 Å². The molecule has 0 unspecified atom stereocenters. The SMILES string of the molecule is CC1(C)CCC(C)(C)c2c(N3c4cc(-c5cccc6oc7ccccc7c56)cc5c4B(c4oc6c(c4-5)C(C)(C)CCC6(C)C)c4oc5c(c43)C(C)(C)CCC5(C)C)coc21. The monoisotopic (exact) mass is 795 g/mol. The van der Waals surface area contributed by atoms with Crippen LogP contribution in [0, 0.1) is 0 Å². The summed E-state index contributed by atoms with van der Waals surface area (Å²) in [6.45, 7) is 28.6. The van der Waals surface area contributed by atoms with E-state index in [1.807, 2.05) is 0 Å². The summed E-state index contributed by atoms with van der Waals surface area (Å²) >= 11 is 0. The molecule has 2 aliphatic heterocycles. The van der Waals surface area contributed by atoms with Crippen molar-refractivity contribution >= 4 is 62.5 Å². The molecule has 306 valence electrons. The van der Waals surface area contributed by atoms with Gasteiger partial charge in [-0.05, 0) is 101 Å². The number of para-hydroxylation sites is 1. The Morgan fingerprint density at radius 1 is 0.517 bits per heavy atom. The quantitative estimate of drug-likeness (QED) is 0.163. The molecule has 0 spiro atoms. The zero-order valence-corrected chi connectivity index (χ0v) is 37.7. The maximum Gasteiger partial charge on any atom is 0.338 e. The Hall–Kier alpha value is -4.84. The topological polar surface area (TPSA) is 55.8 Å². The Morgan fingerprint density at radius 2 is 1.10 bits per heavy atom. The van der Waals surface area contributed by atoms with Crippen LogP contribution in [0.2, 0.25) is 0 Å². The summed E-state index contributed by atoms with van der Waals surface area (Å²) in [5, 5.41) is 2.29. The van der Waals surface area contributed by atoms with Crippen molar-refractivity contribution in [2.24, 2.45) is 0 Å². The van der Waals surface area contributed by atoms with E-state index in [-0.39, 0.29) is 39.2 Å². The molecule has 0 saturated carbocycles. The van der Waals surface area contributed by atoms with Crippen LogP contribution in [0.3, 0.4) is 0 Å². The number of furan rings is 4. The van der Waals surface area contributed by atoms with Crippen molar-refractivity contribution in [1.82, 2.24) is 0 Å². The highest BCUT2D eigenvalue weighted by atomic mass is 16.4. The summed E-state index contributed by atoms with van der Waals surface area (Å²) in [6.07, 6.45) is 8.60. The Bertz CT molecular complexity index is 3020. The van der Waals surface area contributed by atoms with Gasteiger partial charge in [0, 0.05) is 55.0 Å². The summed E-state index contributed by atoms with van der Waals surface area (Å²) in [5.41, 5.74) is 17.1. The highest BCUT2D eigenvalue weighted by Gasteiger charge is 2.57. The standard InChI is InChI=1S/C54H58BNO4/c1-49(2)20-23-52(7,8)44-39(49)34(28-57-44)56-33-27-29(30-17-15-19-36-37(30)31-16-13-14-18-35(31)58-36)26-32-38-40-45(53(9,10)24-21-50(40,3)4)59-47(38)55(42(32)33)48-43(56)41-46(60-48)54(11,12)25-22-51(41,5)6/h13-19,26-28H,20-25H2,1-12H3. The van der Waals surface area contributed by atoms with Crippen LogP contribution in [0.15, 0.2) is 78.5 Å². The average Bonchev–Trinajstić information content (AvgIpc) is 4.01. The lowest BCUT2D eigenvalue weighted by Crippen LogP contribution is -2.54. The summed E-state index contributed by atoms with van der Waals surface area (Å²) in [5.74, 6) is 3.39. The lowest BCUT2D eigenvalue weighted by atomic mass is 9.41. The number of hydrogen-bond donors (Lipinski definition) is 0. The molecule has 0 bridgehead atoms. The Morgan fingerprint density at radius 3 is 1.82 bits per heavy atom. The molecular weight excluding hydrogens is 737 g/mol. The van der Waals surface area contributed by atoms with Crippen molar-refractivity contribution in [3.8, 4) is 22.3 Å². The number of anilines is 3. The lowest BCUT2D eigenvalue weighted by molar-refractivity contribution is 0.278. The molecule has 0 radical (unpaired) electrons. The van der Waals surface area contributed by atoms with Gasteiger partial charge >= 0.3 is 6.71 Å². The molecule has 3 aromatic carbocycles. The van der Waals surface area contributed by atoms with Crippen LogP contribution in [-0.4, -0.2) is 6.71 Å². The van der Waals surface area contributed by atoms with Crippen LogP contribution in [0.5, 0.6) is 0 Å². The van der Waals surface area contributed by atoms with Gasteiger partial charge in [0.25, 0.3) is 0 Å². The van der Waals surface area contributed by atoms with Crippen LogP contribution in [-0.2, 0) is 32.5 Å². The number of benzene rings is 3. The third-order valence-electron chi connectivity index (χ3n) is 16.3. The second kappa shape index (κ2) is 11.2. The first kappa shape index (κ1) is 37.0. The molecule has 7 aromatic rings. The molecule has 3 aliphatic carbocycles. The van der Waals surface area contributed by atoms with E-state index in [1.54, 1.807) is 0 Å². The lowest BCUT2D eigenvalue weighted by Gasteiger charge is -2.43. The van der Waals surface area contributed by atoms with Crippen molar-refractivity contribution in [1.29, 1.82) is 0 Å². The van der Waals surface area contributed by atoms with Gasteiger partial charge in [0.1, 0.15) is 40.4 Å². The zero-order chi connectivity index (χ0) is 41.8. The molecule has 0 N–H and O–H groups in total. The van der Waals surface area contributed by atoms with Gasteiger partial charge in [-0.2, -0.15) is 0 Å².